The Morgan fingerprint density at radius 3 is 2.75 bits per heavy atom. The van der Waals surface area contributed by atoms with E-state index in [1.807, 2.05) is 24.4 Å². The lowest BCUT2D eigenvalue weighted by Gasteiger charge is -1.96. The molecule has 1 nitrogen and oxygen atoms in total. The first-order valence-corrected chi connectivity index (χ1v) is 4.73. The molecule has 0 aliphatic carbocycles. The number of allylic oxidation sites excluding steroid dienone is 1. The van der Waals surface area contributed by atoms with Crippen LogP contribution in [-0.4, -0.2) is 0 Å². The summed E-state index contributed by atoms with van der Waals surface area (Å²) >= 11 is 7.53. The number of rotatable bonds is 1. The summed E-state index contributed by atoms with van der Waals surface area (Å²) in [6.45, 7) is 3.71. The third kappa shape index (κ3) is 1.69. The second-order valence-electron chi connectivity index (χ2n) is 2.48. The monoisotopic (exact) mass is 197 g/mol. The van der Waals surface area contributed by atoms with Crippen LogP contribution in [0.25, 0.3) is 5.03 Å². The maximum Gasteiger partial charge on any atom is 0.0960 e. The summed E-state index contributed by atoms with van der Waals surface area (Å²) in [5, 5.41) is 11.2. The molecule has 0 aliphatic rings. The van der Waals surface area contributed by atoms with Crippen LogP contribution < -0.4 is 0 Å². The summed E-state index contributed by atoms with van der Waals surface area (Å²) in [5.41, 5.74) is 1.70. The Kier molecular flexibility index (Phi) is 2.91. The van der Waals surface area contributed by atoms with Crippen LogP contribution in [0.2, 0.25) is 0 Å². The highest BCUT2D eigenvalue weighted by atomic mass is 35.5. The number of hydrogen-bond donors (Lipinski definition) is 0. The van der Waals surface area contributed by atoms with Crippen LogP contribution in [0.1, 0.15) is 17.4 Å². The van der Waals surface area contributed by atoms with E-state index in [4.69, 9.17) is 16.9 Å². The van der Waals surface area contributed by atoms with Gasteiger partial charge in [0, 0.05) is 10.5 Å². The third-order valence-electron chi connectivity index (χ3n) is 1.56. The highest BCUT2D eigenvalue weighted by Gasteiger charge is 2.06. The molecule has 3 heteroatoms. The molecule has 0 aliphatic heterocycles. The normalized spacial score (nSPS) is 12.2. The van der Waals surface area contributed by atoms with Gasteiger partial charge < -0.3 is 0 Å². The van der Waals surface area contributed by atoms with E-state index in [2.05, 4.69) is 0 Å². The molecule has 0 aromatic carbocycles. The smallest absolute Gasteiger partial charge is 0.0960 e. The molecule has 1 rings (SSSR count). The van der Waals surface area contributed by atoms with E-state index >= 15 is 0 Å². The molecule has 0 saturated carbocycles. The van der Waals surface area contributed by atoms with Gasteiger partial charge in [-0.2, -0.15) is 5.26 Å². The maximum atomic E-state index is 8.61. The van der Waals surface area contributed by atoms with Gasteiger partial charge >= 0.3 is 0 Å². The van der Waals surface area contributed by atoms with Crippen molar-refractivity contribution >= 4 is 28.0 Å². The minimum absolute atomic E-state index is 0.571. The maximum absolute atomic E-state index is 8.61. The lowest BCUT2D eigenvalue weighted by molar-refractivity contribution is 1.45. The summed E-state index contributed by atoms with van der Waals surface area (Å²) in [5.74, 6) is 0. The van der Waals surface area contributed by atoms with E-state index in [0.717, 1.165) is 10.4 Å². The van der Waals surface area contributed by atoms with Crippen molar-refractivity contribution in [2.24, 2.45) is 0 Å². The number of nitrogens with zero attached hydrogens (tertiary/aromatic N) is 1. The average Bonchev–Trinajstić information content (AvgIpc) is 2.48. The van der Waals surface area contributed by atoms with Crippen LogP contribution in [0.15, 0.2) is 17.0 Å². The Balaban J connectivity index is 3.18. The summed E-state index contributed by atoms with van der Waals surface area (Å²) in [7, 11) is 0. The lowest BCUT2D eigenvalue weighted by Crippen LogP contribution is -1.78. The van der Waals surface area contributed by atoms with Crippen LogP contribution in [0, 0.1) is 18.3 Å². The third-order valence-corrected chi connectivity index (χ3v) is 3.18. The van der Waals surface area contributed by atoms with Crippen molar-refractivity contribution in [3.63, 3.8) is 0 Å². The molecule has 0 fully saturated rings. The van der Waals surface area contributed by atoms with Gasteiger partial charge in [-0.1, -0.05) is 11.6 Å². The fourth-order valence-electron chi connectivity index (χ4n) is 0.817. The van der Waals surface area contributed by atoms with Gasteiger partial charge in [-0.25, -0.2) is 0 Å². The van der Waals surface area contributed by atoms with Gasteiger partial charge in [-0.05, 0) is 30.9 Å². The average molecular weight is 198 g/mol. The van der Waals surface area contributed by atoms with E-state index < -0.39 is 0 Å². The van der Waals surface area contributed by atoms with Gasteiger partial charge in [0.15, 0.2) is 0 Å². The van der Waals surface area contributed by atoms with Crippen molar-refractivity contribution in [1.29, 1.82) is 5.26 Å². The van der Waals surface area contributed by atoms with Gasteiger partial charge in [-0.3, -0.25) is 0 Å². The Labute approximate surface area is 80.9 Å². The van der Waals surface area contributed by atoms with Crippen molar-refractivity contribution in [2.75, 3.05) is 0 Å². The Morgan fingerprint density at radius 1 is 1.67 bits per heavy atom. The van der Waals surface area contributed by atoms with Crippen molar-refractivity contribution < 1.29 is 0 Å². The number of thiophene rings is 1. The minimum Gasteiger partial charge on any atom is -0.193 e. The molecule has 0 bridgehead atoms. The predicted octanol–water partition coefficient (Wildman–Crippen LogP) is 3.55. The number of nitriles is 1. The van der Waals surface area contributed by atoms with Gasteiger partial charge in [0.25, 0.3) is 0 Å². The molecule has 0 spiro atoms. The van der Waals surface area contributed by atoms with Gasteiger partial charge in [0.05, 0.1) is 11.1 Å². The molecular weight excluding hydrogens is 190 g/mol. The quantitative estimate of drug-likeness (QED) is 0.632. The highest BCUT2D eigenvalue weighted by molar-refractivity contribution is 7.12. The first-order chi connectivity index (χ1) is 5.66. The number of hydrogen-bond acceptors (Lipinski definition) is 2. The summed E-state index contributed by atoms with van der Waals surface area (Å²) in [6.07, 6.45) is 0. The van der Waals surface area contributed by atoms with E-state index in [-0.39, 0.29) is 0 Å². The molecule has 0 unspecified atom stereocenters. The lowest BCUT2D eigenvalue weighted by atomic mass is 10.2. The van der Waals surface area contributed by atoms with Crippen LogP contribution in [0.5, 0.6) is 0 Å². The predicted molar refractivity (Wildman–Crippen MR) is 53.1 cm³/mol. The Bertz CT molecular complexity index is 357. The zero-order valence-electron chi connectivity index (χ0n) is 6.89. The van der Waals surface area contributed by atoms with Crippen LogP contribution in [0.4, 0.5) is 0 Å². The van der Waals surface area contributed by atoms with E-state index in [0.29, 0.717) is 10.6 Å². The van der Waals surface area contributed by atoms with Crippen LogP contribution in [0.3, 0.4) is 0 Å². The molecule has 12 heavy (non-hydrogen) atoms. The van der Waals surface area contributed by atoms with Crippen molar-refractivity contribution in [3.8, 4) is 6.07 Å². The zero-order valence-corrected chi connectivity index (χ0v) is 8.46. The van der Waals surface area contributed by atoms with Crippen LogP contribution >= 0.6 is 22.9 Å². The van der Waals surface area contributed by atoms with E-state index in [1.54, 1.807) is 18.3 Å². The molecular formula is C9H8ClNS. The summed E-state index contributed by atoms with van der Waals surface area (Å²) in [6, 6.07) is 4.03. The number of halogens is 1. The minimum atomic E-state index is 0.571. The summed E-state index contributed by atoms with van der Waals surface area (Å²) < 4.78 is 0. The molecule has 0 atom stereocenters. The molecule has 0 radical (unpaired) electrons. The Morgan fingerprint density at radius 2 is 2.33 bits per heavy atom. The van der Waals surface area contributed by atoms with Crippen molar-refractivity contribution in [3.05, 3.63) is 27.5 Å². The fraction of sp³-hybridized carbons (Fsp3) is 0.222. The first kappa shape index (κ1) is 9.31. The van der Waals surface area contributed by atoms with Crippen LogP contribution in [-0.2, 0) is 0 Å². The molecule has 1 heterocycles. The van der Waals surface area contributed by atoms with Gasteiger partial charge in [0.1, 0.15) is 0 Å². The standard InChI is InChI=1S/C9H8ClNS/c1-6-3-4-12-9(6)8(10)7(2)5-11/h3-4H,1-2H3. The molecule has 0 saturated heterocycles. The second kappa shape index (κ2) is 3.75. The highest BCUT2D eigenvalue weighted by Crippen LogP contribution is 2.29. The first-order valence-electron chi connectivity index (χ1n) is 3.47. The van der Waals surface area contributed by atoms with E-state index in [9.17, 15) is 0 Å². The van der Waals surface area contributed by atoms with Crippen molar-refractivity contribution in [1.82, 2.24) is 0 Å². The topological polar surface area (TPSA) is 23.8 Å². The van der Waals surface area contributed by atoms with Crippen molar-refractivity contribution in [2.45, 2.75) is 13.8 Å². The Hall–Kier alpha value is -0.780. The molecule has 0 amide bonds. The summed E-state index contributed by atoms with van der Waals surface area (Å²) in [4.78, 5) is 0.996. The van der Waals surface area contributed by atoms with E-state index in [1.165, 1.54) is 0 Å². The molecule has 1 aromatic heterocycles. The zero-order chi connectivity index (χ0) is 9.14. The largest absolute Gasteiger partial charge is 0.193 e. The molecule has 0 N–H and O–H groups in total. The number of aryl methyl sites for hydroxylation is 1. The van der Waals surface area contributed by atoms with Gasteiger partial charge in [0.2, 0.25) is 0 Å². The molecule has 62 valence electrons. The van der Waals surface area contributed by atoms with Gasteiger partial charge in [-0.15, -0.1) is 11.3 Å². The fourth-order valence-corrected chi connectivity index (χ4v) is 2.06. The second-order valence-corrected chi connectivity index (χ2v) is 3.78. The SMILES string of the molecule is CC(C#N)=C(Cl)c1sccc1C. The molecule has 1 aromatic rings.